The summed E-state index contributed by atoms with van der Waals surface area (Å²) in [6, 6.07) is 15.7. The van der Waals surface area contributed by atoms with Crippen molar-refractivity contribution >= 4 is 5.76 Å². The molecule has 0 spiro atoms. The SMILES string of the molecule is C=C(OC)c1ccc(COc2ccc3c(c2)CCN(C2CCCC2)CC3)cc1. The van der Waals surface area contributed by atoms with E-state index >= 15 is 0 Å². The van der Waals surface area contributed by atoms with Crippen LogP contribution in [0.2, 0.25) is 0 Å². The van der Waals surface area contributed by atoms with Crippen molar-refractivity contribution in [3.63, 3.8) is 0 Å². The third kappa shape index (κ3) is 4.41. The summed E-state index contributed by atoms with van der Waals surface area (Å²) in [5, 5.41) is 0. The van der Waals surface area contributed by atoms with Gasteiger partial charge in [0, 0.05) is 24.7 Å². The molecule has 1 heterocycles. The van der Waals surface area contributed by atoms with Gasteiger partial charge < -0.3 is 9.47 Å². The maximum Gasteiger partial charge on any atom is 0.120 e. The number of benzene rings is 2. The van der Waals surface area contributed by atoms with Crippen molar-refractivity contribution in [3.05, 3.63) is 71.3 Å². The van der Waals surface area contributed by atoms with Crippen molar-refractivity contribution in [2.75, 3.05) is 20.2 Å². The smallest absolute Gasteiger partial charge is 0.120 e. The summed E-state index contributed by atoms with van der Waals surface area (Å²) in [6.45, 7) is 6.86. The first-order valence-corrected chi connectivity index (χ1v) is 10.5. The van der Waals surface area contributed by atoms with Gasteiger partial charge in [-0.15, -0.1) is 0 Å². The fourth-order valence-electron chi connectivity index (χ4n) is 4.51. The zero-order valence-corrected chi connectivity index (χ0v) is 17.0. The molecule has 0 unspecified atom stereocenters. The van der Waals surface area contributed by atoms with E-state index in [1.165, 1.54) is 49.9 Å². The average molecular weight is 378 g/mol. The molecule has 0 saturated heterocycles. The highest BCUT2D eigenvalue weighted by Gasteiger charge is 2.24. The van der Waals surface area contributed by atoms with E-state index in [-0.39, 0.29) is 0 Å². The largest absolute Gasteiger partial charge is 0.497 e. The lowest BCUT2D eigenvalue weighted by Crippen LogP contribution is -2.35. The van der Waals surface area contributed by atoms with Crippen molar-refractivity contribution in [1.29, 1.82) is 0 Å². The lowest BCUT2D eigenvalue weighted by atomic mass is 10.0. The normalized spacial score (nSPS) is 17.8. The predicted octanol–water partition coefficient (Wildman–Crippen LogP) is 5.23. The van der Waals surface area contributed by atoms with Crippen molar-refractivity contribution in [2.45, 2.75) is 51.2 Å². The molecule has 3 nitrogen and oxygen atoms in total. The highest BCUT2D eigenvalue weighted by Crippen LogP contribution is 2.28. The molecule has 1 aliphatic heterocycles. The first-order chi connectivity index (χ1) is 13.7. The molecule has 2 aromatic carbocycles. The molecule has 3 heteroatoms. The van der Waals surface area contributed by atoms with Gasteiger partial charge >= 0.3 is 0 Å². The van der Waals surface area contributed by atoms with E-state index in [9.17, 15) is 0 Å². The quantitative estimate of drug-likeness (QED) is 0.644. The fourth-order valence-corrected chi connectivity index (χ4v) is 4.51. The molecular formula is C25H31NO2. The molecule has 2 aromatic rings. The zero-order chi connectivity index (χ0) is 19.3. The Kier molecular flexibility index (Phi) is 6.01. The van der Waals surface area contributed by atoms with Crippen LogP contribution in [0.25, 0.3) is 5.76 Å². The van der Waals surface area contributed by atoms with Gasteiger partial charge in [-0.2, -0.15) is 0 Å². The molecule has 4 rings (SSSR count). The number of nitrogens with zero attached hydrogens (tertiary/aromatic N) is 1. The van der Waals surface area contributed by atoms with E-state index in [0.717, 1.165) is 35.8 Å². The molecule has 0 aromatic heterocycles. The summed E-state index contributed by atoms with van der Waals surface area (Å²) in [5.41, 5.74) is 5.11. The van der Waals surface area contributed by atoms with Gasteiger partial charge in [0.2, 0.25) is 0 Å². The van der Waals surface area contributed by atoms with Crippen LogP contribution in [-0.4, -0.2) is 31.1 Å². The second-order valence-electron chi connectivity index (χ2n) is 8.02. The van der Waals surface area contributed by atoms with Crippen LogP contribution in [0.5, 0.6) is 5.75 Å². The maximum absolute atomic E-state index is 6.08. The first kappa shape index (κ1) is 19.1. The molecule has 1 aliphatic carbocycles. The average Bonchev–Trinajstić information content (AvgIpc) is 3.19. The minimum Gasteiger partial charge on any atom is -0.497 e. The van der Waals surface area contributed by atoms with Crippen LogP contribution in [0.4, 0.5) is 0 Å². The van der Waals surface area contributed by atoms with Crippen LogP contribution in [0, 0.1) is 0 Å². The van der Waals surface area contributed by atoms with E-state index in [1.54, 1.807) is 7.11 Å². The molecule has 0 N–H and O–H groups in total. The lowest BCUT2D eigenvalue weighted by molar-refractivity contribution is 0.208. The Morgan fingerprint density at radius 2 is 1.71 bits per heavy atom. The van der Waals surface area contributed by atoms with E-state index in [1.807, 2.05) is 12.1 Å². The monoisotopic (exact) mass is 377 g/mol. The van der Waals surface area contributed by atoms with Gasteiger partial charge in [-0.05, 0) is 54.5 Å². The van der Waals surface area contributed by atoms with Gasteiger partial charge in [-0.25, -0.2) is 0 Å². The van der Waals surface area contributed by atoms with Gasteiger partial charge in [-0.3, -0.25) is 4.90 Å². The van der Waals surface area contributed by atoms with Crippen LogP contribution in [-0.2, 0) is 24.2 Å². The maximum atomic E-state index is 6.08. The predicted molar refractivity (Wildman–Crippen MR) is 114 cm³/mol. The molecule has 1 saturated carbocycles. The molecule has 0 amide bonds. The summed E-state index contributed by atoms with van der Waals surface area (Å²) < 4.78 is 11.3. The fraction of sp³-hybridized carbons (Fsp3) is 0.440. The Morgan fingerprint density at radius 1 is 1.00 bits per heavy atom. The Morgan fingerprint density at radius 3 is 2.43 bits per heavy atom. The van der Waals surface area contributed by atoms with Crippen LogP contribution in [0.3, 0.4) is 0 Å². The van der Waals surface area contributed by atoms with Crippen LogP contribution >= 0.6 is 0 Å². The van der Waals surface area contributed by atoms with Gasteiger partial charge in [0.25, 0.3) is 0 Å². The number of rotatable bonds is 6. The minimum atomic E-state index is 0.576. The van der Waals surface area contributed by atoms with Crippen molar-refractivity contribution in [3.8, 4) is 5.75 Å². The van der Waals surface area contributed by atoms with E-state index < -0.39 is 0 Å². The van der Waals surface area contributed by atoms with Crippen LogP contribution < -0.4 is 4.74 Å². The summed E-state index contributed by atoms with van der Waals surface area (Å²) >= 11 is 0. The molecule has 0 atom stereocenters. The number of hydrogen-bond acceptors (Lipinski definition) is 3. The summed E-state index contributed by atoms with van der Waals surface area (Å²) in [7, 11) is 1.64. The van der Waals surface area contributed by atoms with Gasteiger partial charge in [0.1, 0.15) is 18.1 Å². The molecule has 28 heavy (non-hydrogen) atoms. The van der Waals surface area contributed by atoms with Gasteiger partial charge in [0.15, 0.2) is 0 Å². The number of fused-ring (bicyclic) bond motifs is 1. The highest BCUT2D eigenvalue weighted by molar-refractivity contribution is 5.57. The van der Waals surface area contributed by atoms with Crippen molar-refractivity contribution in [1.82, 2.24) is 4.90 Å². The number of ether oxygens (including phenoxy) is 2. The first-order valence-electron chi connectivity index (χ1n) is 10.5. The summed E-state index contributed by atoms with van der Waals surface area (Å²) in [6.07, 6.45) is 7.90. The van der Waals surface area contributed by atoms with Crippen molar-refractivity contribution in [2.24, 2.45) is 0 Å². The Balaban J connectivity index is 1.36. The number of hydrogen-bond donors (Lipinski definition) is 0. The summed E-state index contributed by atoms with van der Waals surface area (Å²) in [5.74, 6) is 1.66. The lowest BCUT2D eigenvalue weighted by Gasteiger charge is -2.26. The standard InChI is InChI=1S/C25H31NO2/c1-19(27-2)21-9-7-20(8-10-21)18-28-25-12-11-22-13-15-26(16-14-23(22)17-25)24-5-3-4-6-24/h7-12,17,24H,1,3-6,13-16,18H2,2H3. The van der Waals surface area contributed by atoms with Crippen LogP contribution in [0.1, 0.15) is 47.9 Å². The topological polar surface area (TPSA) is 21.7 Å². The Bertz CT molecular complexity index is 806. The molecule has 0 radical (unpaired) electrons. The van der Waals surface area contributed by atoms with E-state index in [2.05, 4.69) is 41.8 Å². The number of methoxy groups -OCH3 is 1. The Labute approximate surface area is 169 Å². The molecule has 148 valence electrons. The second kappa shape index (κ2) is 8.83. The summed E-state index contributed by atoms with van der Waals surface area (Å²) in [4.78, 5) is 2.73. The second-order valence-corrected chi connectivity index (χ2v) is 8.02. The van der Waals surface area contributed by atoms with Gasteiger partial charge in [0.05, 0.1) is 7.11 Å². The van der Waals surface area contributed by atoms with E-state index in [4.69, 9.17) is 9.47 Å². The molecular weight excluding hydrogens is 346 g/mol. The third-order valence-electron chi connectivity index (χ3n) is 6.28. The molecule has 0 bridgehead atoms. The van der Waals surface area contributed by atoms with Crippen molar-refractivity contribution < 1.29 is 9.47 Å². The molecule has 1 fully saturated rings. The highest BCUT2D eigenvalue weighted by atomic mass is 16.5. The third-order valence-corrected chi connectivity index (χ3v) is 6.28. The zero-order valence-electron chi connectivity index (χ0n) is 17.0. The molecule has 2 aliphatic rings. The van der Waals surface area contributed by atoms with Gasteiger partial charge in [-0.1, -0.05) is 49.8 Å². The minimum absolute atomic E-state index is 0.576. The van der Waals surface area contributed by atoms with Crippen LogP contribution in [0.15, 0.2) is 49.0 Å². The Hall–Kier alpha value is -2.26. The van der Waals surface area contributed by atoms with E-state index in [0.29, 0.717) is 12.4 Å².